The van der Waals surface area contributed by atoms with Gasteiger partial charge in [0.05, 0.1) is 19.8 Å². The Bertz CT molecular complexity index is 982. The number of aromatic nitrogens is 3. The summed E-state index contributed by atoms with van der Waals surface area (Å²) < 4.78 is 13.9. The molecule has 3 aliphatic heterocycles. The topological polar surface area (TPSA) is 89.8 Å². The zero-order valence-electron chi connectivity index (χ0n) is 17.1. The number of piperidine rings is 1. The summed E-state index contributed by atoms with van der Waals surface area (Å²) in [5, 5.41) is 0.293. The van der Waals surface area contributed by atoms with Gasteiger partial charge in [-0.1, -0.05) is 17.7 Å². The van der Waals surface area contributed by atoms with E-state index in [2.05, 4.69) is 9.97 Å². The monoisotopic (exact) mass is 445 g/mol. The maximum absolute atomic E-state index is 13.1. The molecule has 5 rings (SSSR count). The van der Waals surface area contributed by atoms with Crippen LogP contribution in [0.25, 0.3) is 0 Å². The number of halogens is 1. The minimum Gasteiger partial charge on any atom is -0.378 e. The van der Waals surface area contributed by atoms with Gasteiger partial charge in [0.15, 0.2) is 6.10 Å². The molecule has 2 saturated heterocycles. The number of imidazole rings is 1. The van der Waals surface area contributed by atoms with E-state index < -0.39 is 11.7 Å². The van der Waals surface area contributed by atoms with Gasteiger partial charge in [0.1, 0.15) is 22.3 Å². The molecule has 2 amide bonds. The molecule has 2 aromatic heterocycles. The van der Waals surface area contributed by atoms with Gasteiger partial charge < -0.3 is 23.8 Å². The lowest BCUT2D eigenvalue weighted by Gasteiger charge is -2.46. The number of hydrogen-bond acceptors (Lipinski definition) is 6. The number of ether oxygens (including phenoxy) is 2. The molecule has 2 aromatic rings. The van der Waals surface area contributed by atoms with Crippen LogP contribution in [0.2, 0.25) is 5.15 Å². The molecule has 0 N–H and O–H groups in total. The molecule has 164 valence electrons. The number of amides is 2. The highest BCUT2D eigenvalue weighted by Gasteiger charge is 2.48. The number of fused-ring (bicyclic) bond motifs is 2. The van der Waals surface area contributed by atoms with Crippen LogP contribution in [0.15, 0.2) is 30.6 Å². The summed E-state index contributed by atoms with van der Waals surface area (Å²) in [5.41, 5.74) is -0.359. The van der Waals surface area contributed by atoms with Crippen molar-refractivity contribution in [3.05, 3.63) is 47.3 Å². The Morgan fingerprint density at radius 1 is 1.10 bits per heavy atom. The number of carbonyl (C=O) groups is 2. The zero-order chi connectivity index (χ0) is 21.4. The van der Waals surface area contributed by atoms with Gasteiger partial charge in [-0.2, -0.15) is 0 Å². The molecular formula is C21H24ClN5O4. The number of hydrogen-bond donors (Lipinski definition) is 0. The molecule has 0 aliphatic carbocycles. The summed E-state index contributed by atoms with van der Waals surface area (Å²) in [7, 11) is 0. The smallest absolute Gasteiger partial charge is 0.272 e. The Morgan fingerprint density at radius 3 is 2.61 bits per heavy atom. The average Bonchev–Trinajstić information content (AvgIpc) is 3.29. The molecular weight excluding hydrogens is 422 g/mol. The molecule has 0 saturated carbocycles. The first-order valence-electron chi connectivity index (χ1n) is 10.5. The predicted molar refractivity (Wildman–Crippen MR) is 111 cm³/mol. The van der Waals surface area contributed by atoms with Crippen molar-refractivity contribution in [1.82, 2.24) is 24.3 Å². The molecule has 1 spiro atoms. The number of carbonyl (C=O) groups excluding carboxylic acids is 2. The van der Waals surface area contributed by atoms with E-state index in [0.717, 1.165) is 5.82 Å². The Hall–Kier alpha value is -2.49. The summed E-state index contributed by atoms with van der Waals surface area (Å²) in [6.07, 6.45) is 4.19. The standard InChI is InChI=1S/C21H24ClN5O4/c22-17-3-1-2-15(24-17)18(28)25-7-4-21(5-8-25)20-23-6-9-27(20)14-16(31-21)19(29)26-10-12-30-13-11-26/h1-3,6,9,16H,4-5,7-8,10-14H2. The Morgan fingerprint density at radius 2 is 1.87 bits per heavy atom. The highest BCUT2D eigenvalue weighted by atomic mass is 35.5. The van der Waals surface area contributed by atoms with E-state index in [1.165, 1.54) is 0 Å². The SMILES string of the molecule is O=C(c1cccc(Cl)n1)N1CCC2(CC1)OC(C(=O)N1CCOCC1)Cn1ccnc12. The molecule has 10 heteroatoms. The molecule has 3 aliphatic rings. The fourth-order valence-electron chi connectivity index (χ4n) is 4.61. The van der Waals surface area contributed by atoms with Crippen LogP contribution in [-0.2, 0) is 26.4 Å². The van der Waals surface area contributed by atoms with E-state index in [1.807, 2.05) is 15.7 Å². The van der Waals surface area contributed by atoms with Crippen LogP contribution < -0.4 is 0 Å². The lowest BCUT2D eigenvalue weighted by molar-refractivity contribution is -0.182. The van der Waals surface area contributed by atoms with Gasteiger partial charge in [-0.05, 0) is 12.1 Å². The van der Waals surface area contributed by atoms with E-state index in [-0.39, 0.29) is 11.8 Å². The summed E-state index contributed by atoms with van der Waals surface area (Å²) in [6.45, 7) is 3.68. The molecule has 1 atom stereocenters. The van der Waals surface area contributed by atoms with Crippen LogP contribution in [0, 0.1) is 0 Å². The molecule has 0 bridgehead atoms. The van der Waals surface area contributed by atoms with Crippen LogP contribution in [-0.4, -0.2) is 81.6 Å². The Labute approximate surface area is 184 Å². The molecule has 31 heavy (non-hydrogen) atoms. The van der Waals surface area contributed by atoms with E-state index in [0.29, 0.717) is 69.6 Å². The van der Waals surface area contributed by atoms with Gasteiger partial charge in [0.2, 0.25) is 0 Å². The number of rotatable bonds is 2. The maximum atomic E-state index is 13.1. The lowest BCUT2D eigenvalue weighted by atomic mass is 9.88. The highest BCUT2D eigenvalue weighted by Crippen LogP contribution is 2.40. The number of likely N-dealkylation sites (tertiary alicyclic amines) is 1. The third kappa shape index (κ3) is 3.81. The van der Waals surface area contributed by atoms with Crippen molar-refractivity contribution in [2.75, 3.05) is 39.4 Å². The van der Waals surface area contributed by atoms with Gasteiger partial charge in [-0.3, -0.25) is 9.59 Å². The molecule has 5 heterocycles. The first kappa shape index (κ1) is 20.4. The summed E-state index contributed by atoms with van der Waals surface area (Å²) in [4.78, 5) is 38.2. The van der Waals surface area contributed by atoms with Crippen LogP contribution >= 0.6 is 11.6 Å². The van der Waals surface area contributed by atoms with Crippen molar-refractivity contribution < 1.29 is 19.1 Å². The van der Waals surface area contributed by atoms with Crippen molar-refractivity contribution in [3.63, 3.8) is 0 Å². The summed E-state index contributed by atoms with van der Waals surface area (Å²) in [5.74, 6) is 0.660. The first-order valence-corrected chi connectivity index (χ1v) is 10.9. The van der Waals surface area contributed by atoms with Gasteiger partial charge in [0, 0.05) is 51.4 Å². The second-order valence-electron chi connectivity index (χ2n) is 8.08. The minimum absolute atomic E-state index is 0.0105. The Balaban J connectivity index is 1.33. The predicted octanol–water partition coefficient (Wildman–Crippen LogP) is 1.32. The number of pyridine rings is 1. The fourth-order valence-corrected chi connectivity index (χ4v) is 4.78. The van der Waals surface area contributed by atoms with Crippen molar-refractivity contribution in [1.29, 1.82) is 0 Å². The third-order valence-corrected chi connectivity index (χ3v) is 6.45. The quantitative estimate of drug-likeness (QED) is 0.648. The highest BCUT2D eigenvalue weighted by molar-refractivity contribution is 6.29. The Kier molecular flexibility index (Phi) is 5.41. The zero-order valence-corrected chi connectivity index (χ0v) is 17.8. The van der Waals surface area contributed by atoms with Gasteiger partial charge in [0.25, 0.3) is 11.8 Å². The normalized spacial score (nSPS) is 22.9. The van der Waals surface area contributed by atoms with Crippen LogP contribution in [0.5, 0.6) is 0 Å². The average molecular weight is 446 g/mol. The van der Waals surface area contributed by atoms with E-state index in [9.17, 15) is 9.59 Å². The van der Waals surface area contributed by atoms with E-state index in [4.69, 9.17) is 21.1 Å². The molecule has 9 nitrogen and oxygen atoms in total. The molecule has 2 fully saturated rings. The van der Waals surface area contributed by atoms with Crippen molar-refractivity contribution in [3.8, 4) is 0 Å². The van der Waals surface area contributed by atoms with Crippen molar-refractivity contribution in [2.45, 2.75) is 31.1 Å². The molecule has 0 aromatic carbocycles. The van der Waals surface area contributed by atoms with Crippen LogP contribution in [0.1, 0.15) is 29.2 Å². The van der Waals surface area contributed by atoms with Gasteiger partial charge in [-0.15, -0.1) is 0 Å². The summed E-state index contributed by atoms with van der Waals surface area (Å²) in [6, 6.07) is 5.03. The molecule has 1 unspecified atom stereocenters. The number of morpholine rings is 1. The van der Waals surface area contributed by atoms with E-state index in [1.54, 1.807) is 29.3 Å². The second-order valence-corrected chi connectivity index (χ2v) is 8.47. The van der Waals surface area contributed by atoms with E-state index >= 15 is 0 Å². The largest absolute Gasteiger partial charge is 0.378 e. The maximum Gasteiger partial charge on any atom is 0.272 e. The minimum atomic E-state index is -0.688. The first-order chi connectivity index (χ1) is 15.1. The summed E-state index contributed by atoms with van der Waals surface area (Å²) >= 11 is 5.94. The second kappa shape index (κ2) is 8.22. The van der Waals surface area contributed by atoms with Crippen LogP contribution in [0.4, 0.5) is 0 Å². The van der Waals surface area contributed by atoms with Gasteiger partial charge in [-0.25, -0.2) is 9.97 Å². The van der Waals surface area contributed by atoms with Gasteiger partial charge >= 0.3 is 0 Å². The van der Waals surface area contributed by atoms with Crippen LogP contribution in [0.3, 0.4) is 0 Å². The third-order valence-electron chi connectivity index (χ3n) is 6.24. The van der Waals surface area contributed by atoms with Crippen molar-refractivity contribution in [2.24, 2.45) is 0 Å². The number of nitrogens with zero attached hydrogens (tertiary/aromatic N) is 5. The fraction of sp³-hybridized carbons (Fsp3) is 0.524. The van der Waals surface area contributed by atoms with Crippen molar-refractivity contribution >= 4 is 23.4 Å². The molecule has 0 radical (unpaired) electrons. The lowest BCUT2D eigenvalue weighted by Crippen LogP contribution is -2.56.